The average Bonchev–Trinajstić information content (AvgIpc) is 2.72. The molecule has 0 spiro atoms. The molecule has 0 saturated heterocycles. The molecule has 2 amide bonds. The number of non-ortho nitro benzene ring substituents is 1. The first-order valence-corrected chi connectivity index (χ1v) is 11.1. The molecule has 0 aliphatic heterocycles. The van der Waals surface area contributed by atoms with Crippen molar-refractivity contribution in [1.82, 2.24) is 0 Å². The SMILES string of the molecule is Cc1ccc(S(=O)(=O)Nc2cc(C)c(C)cc2NC(=O)Nc2cccc([N+](=O)[O-])c2)cc1. The van der Waals surface area contributed by atoms with E-state index in [9.17, 15) is 23.3 Å². The maximum Gasteiger partial charge on any atom is 0.323 e. The summed E-state index contributed by atoms with van der Waals surface area (Å²) in [6.07, 6.45) is 0. The number of rotatable bonds is 6. The number of benzene rings is 3. The van der Waals surface area contributed by atoms with Gasteiger partial charge in [0.25, 0.3) is 15.7 Å². The molecule has 0 saturated carbocycles. The van der Waals surface area contributed by atoms with E-state index in [-0.39, 0.29) is 27.6 Å². The Morgan fingerprint density at radius 3 is 2.12 bits per heavy atom. The molecule has 3 N–H and O–H groups in total. The molecular formula is C22H22N4O5S. The molecule has 0 radical (unpaired) electrons. The van der Waals surface area contributed by atoms with Crippen molar-refractivity contribution in [2.75, 3.05) is 15.4 Å². The Labute approximate surface area is 185 Å². The minimum Gasteiger partial charge on any atom is -0.307 e. The number of anilines is 3. The third-order valence-corrected chi connectivity index (χ3v) is 6.15. The van der Waals surface area contributed by atoms with Crippen molar-refractivity contribution >= 4 is 38.8 Å². The van der Waals surface area contributed by atoms with Crippen molar-refractivity contribution in [1.29, 1.82) is 0 Å². The smallest absolute Gasteiger partial charge is 0.307 e. The second kappa shape index (κ2) is 9.06. The molecule has 10 heteroatoms. The molecule has 0 bridgehead atoms. The Hall–Kier alpha value is -3.92. The van der Waals surface area contributed by atoms with Crippen LogP contribution in [0.4, 0.5) is 27.5 Å². The maximum atomic E-state index is 12.8. The van der Waals surface area contributed by atoms with Crippen LogP contribution in [0.1, 0.15) is 16.7 Å². The number of amides is 2. The van der Waals surface area contributed by atoms with Crippen LogP contribution in [0.2, 0.25) is 0 Å². The van der Waals surface area contributed by atoms with E-state index >= 15 is 0 Å². The van der Waals surface area contributed by atoms with Crippen LogP contribution in [0.25, 0.3) is 0 Å². The van der Waals surface area contributed by atoms with E-state index in [0.717, 1.165) is 16.7 Å². The number of hydrogen-bond donors (Lipinski definition) is 3. The van der Waals surface area contributed by atoms with Gasteiger partial charge in [-0.3, -0.25) is 14.8 Å². The molecule has 166 valence electrons. The Kier molecular flexibility index (Phi) is 6.45. The minimum absolute atomic E-state index is 0.0910. The summed E-state index contributed by atoms with van der Waals surface area (Å²) in [6.45, 7) is 5.51. The Bertz CT molecular complexity index is 1290. The zero-order valence-corrected chi connectivity index (χ0v) is 18.5. The molecule has 3 aromatic rings. The monoisotopic (exact) mass is 454 g/mol. The maximum absolute atomic E-state index is 12.8. The summed E-state index contributed by atoms with van der Waals surface area (Å²) in [7, 11) is -3.89. The fraction of sp³-hybridized carbons (Fsp3) is 0.136. The van der Waals surface area contributed by atoms with Crippen LogP contribution >= 0.6 is 0 Å². The number of carbonyl (C=O) groups is 1. The number of nitrogens with one attached hydrogen (secondary N) is 3. The van der Waals surface area contributed by atoms with Crippen molar-refractivity contribution in [2.45, 2.75) is 25.7 Å². The first-order chi connectivity index (χ1) is 15.0. The molecule has 0 fully saturated rings. The summed E-state index contributed by atoms with van der Waals surface area (Å²) in [4.78, 5) is 23.0. The van der Waals surface area contributed by atoms with Gasteiger partial charge in [0.05, 0.1) is 21.2 Å². The number of nitro benzene ring substituents is 1. The molecule has 9 nitrogen and oxygen atoms in total. The van der Waals surface area contributed by atoms with Gasteiger partial charge in [-0.2, -0.15) is 0 Å². The third-order valence-electron chi connectivity index (χ3n) is 4.77. The molecule has 3 rings (SSSR count). The predicted molar refractivity (Wildman–Crippen MR) is 124 cm³/mol. The lowest BCUT2D eigenvalue weighted by Gasteiger charge is -2.16. The second-order valence-corrected chi connectivity index (χ2v) is 8.97. The Morgan fingerprint density at radius 2 is 1.50 bits per heavy atom. The quantitative estimate of drug-likeness (QED) is 0.358. The standard InChI is InChI=1S/C22H22N4O5S/c1-14-7-9-19(10-8-14)32(30,31)25-21-12-16(3)15(2)11-20(21)24-22(27)23-17-5-4-6-18(13-17)26(28)29/h4-13,25H,1-3H3,(H2,23,24,27). The number of urea groups is 1. The largest absolute Gasteiger partial charge is 0.323 e. The van der Waals surface area contributed by atoms with Gasteiger partial charge in [0.2, 0.25) is 0 Å². The van der Waals surface area contributed by atoms with Crippen LogP contribution in [0.5, 0.6) is 0 Å². The first kappa shape index (κ1) is 22.8. The number of aryl methyl sites for hydroxylation is 3. The molecule has 32 heavy (non-hydrogen) atoms. The van der Waals surface area contributed by atoms with Crippen molar-refractivity contribution in [3.05, 3.63) is 87.5 Å². The summed E-state index contributed by atoms with van der Waals surface area (Å²) in [6, 6.07) is 14.5. The summed E-state index contributed by atoms with van der Waals surface area (Å²) in [5.41, 5.74) is 3.10. The molecule has 0 aliphatic rings. The lowest BCUT2D eigenvalue weighted by molar-refractivity contribution is -0.384. The van der Waals surface area contributed by atoms with Gasteiger partial charge in [0.1, 0.15) is 0 Å². The number of nitrogens with zero attached hydrogens (tertiary/aromatic N) is 1. The second-order valence-electron chi connectivity index (χ2n) is 7.29. The van der Waals surface area contributed by atoms with Gasteiger partial charge in [-0.05, 0) is 62.2 Å². The van der Waals surface area contributed by atoms with E-state index in [1.165, 1.54) is 36.4 Å². The van der Waals surface area contributed by atoms with E-state index in [1.807, 2.05) is 20.8 Å². The number of sulfonamides is 1. The summed E-state index contributed by atoms with van der Waals surface area (Å²) in [5.74, 6) is 0. The molecule has 0 aliphatic carbocycles. The topological polar surface area (TPSA) is 130 Å². The van der Waals surface area contributed by atoms with E-state index < -0.39 is 21.0 Å². The van der Waals surface area contributed by atoms with E-state index in [4.69, 9.17) is 0 Å². The van der Waals surface area contributed by atoms with Crippen LogP contribution in [0, 0.1) is 30.9 Å². The van der Waals surface area contributed by atoms with Crippen molar-refractivity contribution in [3.63, 3.8) is 0 Å². The summed E-state index contributed by atoms with van der Waals surface area (Å²) in [5, 5.41) is 16.1. The van der Waals surface area contributed by atoms with Crippen molar-refractivity contribution in [2.24, 2.45) is 0 Å². The molecule has 0 unspecified atom stereocenters. The molecule has 3 aromatic carbocycles. The normalized spacial score (nSPS) is 11.0. The Morgan fingerprint density at radius 1 is 0.875 bits per heavy atom. The van der Waals surface area contributed by atoms with E-state index in [2.05, 4.69) is 15.4 Å². The number of hydrogen-bond acceptors (Lipinski definition) is 5. The van der Waals surface area contributed by atoms with E-state index in [1.54, 1.807) is 24.3 Å². The highest BCUT2D eigenvalue weighted by atomic mass is 32.2. The minimum atomic E-state index is -3.89. The van der Waals surface area contributed by atoms with Gasteiger partial charge in [0, 0.05) is 17.8 Å². The van der Waals surface area contributed by atoms with Gasteiger partial charge in [-0.25, -0.2) is 13.2 Å². The first-order valence-electron chi connectivity index (χ1n) is 9.58. The van der Waals surface area contributed by atoms with Crippen molar-refractivity contribution in [3.8, 4) is 0 Å². The van der Waals surface area contributed by atoms with Gasteiger partial charge < -0.3 is 10.6 Å². The molecule has 0 atom stereocenters. The zero-order chi connectivity index (χ0) is 23.5. The fourth-order valence-electron chi connectivity index (χ4n) is 2.91. The third kappa shape index (κ3) is 5.41. The predicted octanol–water partition coefficient (Wildman–Crippen LogP) is 4.96. The zero-order valence-electron chi connectivity index (χ0n) is 17.7. The van der Waals surface area contributed by atoms with E-state index in [0.29, 0.717) is 0 Å². The Balaban J connectivity index is 1.86. The molecular weight excluding hydrogens is 432 g/mol. The summed E-state index contributed by atoms with van der Waals surface area (Å²) < 4.78 is 28.2. The fourth-order valence-corrected chi connectivity index (χ4v) is 3.98. The lowest BCUT2D eigenvalue weighted by atomic mass is 10.1. The highest BCUT2D eigenvalue weighted by Crippen LogP contribution is 2.29. The van der Waals surface area contributed by atoms with Gasteiger partial charge in [-0.1, -0.05) is 23.8 Å². The summed E-state index contributed by atoms with van der Waals surface area (Å²) >= 11 is 0. The van der Waals surface area contributed by atoms with Crippen LogP contribution in [0.3, 0.4) is 0 Å². The average molecular weight is 455 g/mol. The van der Waals surface area contributed by atoms with Crippen LogP contribution in [-0.2, 0) is 10.0 Å². The van der Waals surface area contributed by atoms with Crippen LogP contribution in [-0.4, -0.2) is 19.4 Å². The van der Waals surface area contributed by atoms with Crippen LogP contribution in [0.15, 0.2) is 65.6 Å². The highest BCUT2D eigenvalue weighted by Gasteiger charge is 2.18. The molecule has 0 heterocycles. The molecule has 0 aromatic heterocycles. The number of nitro groups is 1. The number of carbonyl (C=O) groups excluding carboxylic acids is 1. The lowest BCUT2D eigenvalue weighted by Crippen LogP contribution is -2.21. The van der Waals surface area contributed by atoms with Gasteiger partial charge in [-0.15, -0.1) is 0 Å². The van der Waals surface area contributed by atoms with Gasteiger partial charge in [0.15, 0.2) is 0 Å². The van der Waals surface area contributed by atoms with Crippen LogP contribution < -0.4 is 15.4 Å². The van der Waals surface area contributed by atoms with Gasteiger partial charge >= 0.3 is 6.03 Å². The van der Waals surface area contributed by atoms with Crippen molar-refractivity contribution < 1.29 is 18.1 Å². The highest BCUT2D eigenvalue weighted by molar-refractivity contribution is 7.92.